The van der Waals surface area contributed by atoms with Crippen molar-refractivity contribution in [2.75, 3.05) is 26.2 Å². The molecule has 0 N–H and O–H groups in total. The Labute approximate surface area is 217 Å². The van der Waals surface area contributed by atoms with Crippen LogP contribution in [0.5, 0.6) is 0 Å². The van der Waals surface area contributed by atoms with Gasteiger partial charge in [-0.05, 0) is 61.9 Å². The normalized spacial score (nSPS) is 22.0. The van der Waals surface area contributed by atoms with Crippen LogP contribution in [0, 0.1) is 17.3 Å². The Morgan fingerprint density at radius 3 is 2.35 bits per heavy atom. The number of ether oxygens (including phenoxy) is 1. The van der Waals surface area contributed by atoms with E-state index in [1.54, 1.807) is 0 Å². The topological polar surface area (TPSA) is 54.8 Å². The van der Waals surface area contributed by atoms with Gasteiger partial charge in [0.25, 0.3) is 11.8 Å². The molecule has 4 heterocycles. The number of hydrogen-bond donors (Lipinski definition) is 0. The summed E-state index contributed by atoms with van der Waals surface area (Å²) in [5.74, 6) is 5.67. The van der Waals surface area contributed by atoms with Gasteiger partial charge in [0.05, 0.1) is 18.0 Å². The van der Waals surface area contributed by atoms with E-state index in [-0.39, 0.29) is 17.2 Å². The molecule has 6 heteroatoms. The number of aromatic nitrogens is 1. The maximum atomic E-state index is 14.0. The summed E-state index contributed by atoms with van der Waals surface area (Å²) in [5.41, 5.74) is 2.83. The second-order valence-electron chi connectivity index (χ2n) is 10.6. The first kappa shape index (κ1) is 23.6. The Kier molecular flexibility index (Phi) is 5.89. The lowest BCUT2D eigenvalue weighted by molar-refractivity contribution is -0.159. The third-order valence-corrected chi connectivity index (χ3v) is 8.34. The predicted octanol–water partition coefficient (Wildman–Crippen LogP) is 4.12. The smallest absolute Gasteiger partial charge is 0.298 e. The van der Waals surface area contributed by atoms with Crippen molar-refractivity contribution >= 4 is 11.8 Å². The lowest BCUT2D eigenvalue weighted by Crippen LogP contribution is -2.48. The highest BCUT2D eigenvalue weighted by Gasteiger charge is 2.49. The van der Waals surface area contributed by atoms with Crippen molar-refractivity contribution in [1.29, 1.82) is 0 Å². The molecular formula is C31H31N3O3. The Morgan fingerprint density at radius 1 is 0.865 bits per heavy atom. The lowest BCUT2D eigenvalue weighted by atomic mass is 9.77. The van der Waals surface area contributed by atoms with Gasteiger partial charge in [-0.1, -0.05) is 42.3 Å². The van der Waals surface area contributed by atoms with E-state index >= 15 is 0 Å². The Balaban J connectivity index is 1.13. The fraction of sp³-hybridized carbons (Fsp3) is 0.355. The minimum Gasteiger partial charge on any atom is -0.354 e. The van der Waals surface area contributed by atoms with E-state index < -0.39 is 5.60 Å². The number of likely N-dealkylation sites (tertiary alicyclic amines) is 2. The number of carbonyl (C=O) groups excluding carboxylic acids is 2. The average Bonchev–Trinajstić information content (AvgIpc) is 3.57. The van der Waals surface area contributed by atoms with Crippen molar-refractivity contribution in [3.05, 3.63) is 89.7 Å². The van der Waals surface area contributed by atoms with Gasteiger partial charge in [0.2, 0.25) is 0 Å². The van der Waals surface area contributed by atoms with Crippen molar-refractivity contribution in [3.63, 3.8) is 0 Å². The van der Waals surface area contributed by atoms with E-state index in [0.29, 0.717) is 32.8 Å². The summed E-state index contributed by atoms with van der Waals surface area (Å²) in [6, 6.07) is 21.7. The Hall–Kier alpha value is -3.82. The molecule has 1 spiro atoms. The van der Waals surface area contributed by atoms with Gasteiger partial charge in [0, 0.05) is 49.4 Å². The van der Waals surface area contributed by atoms with E-state index in [1.807, 2.05) is 77.5 Å². The van der Waals surface area contributed by atoms with Crippen molar-refractivity contribution in [2.45, 2.75) is 38.4 Å². The fourth-order valence-corrected chi connectivity index (χ4v) is 6.04. The number of para-hydroxylation sites is 1. The van der Waals surface area contributed by atoms with Gasteiger partial charge >= 0.3 is 0 Å². The molecule has 3 aliphatic heterocycles. The first-order valence-corrected chi connectivity index (χ1v) is 13.0. The van der Waals surface area contributed by atoms with Gasteiger partial charge in [-0.25, -0.2) is 0 Å². The maximum Gasteiger partial charge on any atom is 0.298 e. The molecule has 0 saturated carbocycles. The number of fused-ring (bicyclic) bond motifs is 3. The highest BCUT2D eigenvalue weighted by molar-refractivity contribution is 5.94. The minimum absolute atomic E-state index is 0.0179. The summed E-state index contributed by atoms with van der Waals surface area (Å²) in [6.07, 6.45) is 4.73. The van der Waals surface area contributed by atoms with Crippen molar-refractivity contribution in [2.24, 2.45) is 5.41 Å². The summed E-state index contributed by atoms with van der Waals surface area (Å²) in [7, 11) is 0. The minimum atomic E-state index is -1.06. The zero-order valence-corrected chi connectivity index (χ0v) is 21.2. The van der Waals surface area contributed by atoms with Gasteiger partial charge in [0.15, 0.2) is 5.60 Å². The third-order valence-electron chi connectivity index (χ3n) is 8.34. The molecule has 188 valence electrons. The highest BCUT2D eigenvalue weighted by atomic mass is 16.5. The molecule has 2 amide bonds. The Bertz CT molecular complexity index is 1390. The summed E-state index contributed by atoms with van der Waals surface area (Å²) in [5, 5.41) is 0. The number of carbonyl (C=O) groups is 2. The molecule has 2 saturated heterocycles. The summed E-state index contributed by atoms with van der Waals surface area (Å²) in [6.45, 7) is 5.07. The van der Waals surface area contributed by atoms with E-state index in [9.17, 15) is 9.59 Å². The molecule has 0 aliphatic carbocycles. The lowest BCUT2D eigenvalue weighted by Gasteiger charge is -2.39. The molecule has 0 radical (unpaired) electrons. The van der Waals surface area contributed by atoms with E-state index in [1.165, 1.54) is 0 Å². The zero-order chi connectivity index (χ0) is 25.5. The number of benzene rings is 2. The first-order chi connectivity index (χ1) is 18.0. The standard InChI is InChI=1S/C31H31N3O3/c1-30(27-12-7-18-34(27)26-11-6-5-10-25(26)22-37-30)29(36)33-21-17-31(23-33)15-19-32(20-16-31)28(35)14-13-24-8-3-2-4-9-24/h2-12,18H,15-17,19-23H2,1H3. The van der Waals surface area contributed by atoms with Crippen LogP contribution in [0.1, 0.15) is 43.0 Å². The van der Waals surface area contributed by atoms with Crippen LogP contribution in [-0.4, -0.2) is 52.4 Å². The monoisotopic (exact) mass is 493 g/mol. The van der Waals surface area contributed by atoms with Crippen LogP contribution in [0.2, 0.25) is 0 Å². The van der Waals surface area contributed by atoms with E-state index in [0.717, 1.165) is 41.8 Å². The van der Waals surface area contributed by atoms with Crippen LogP contribution >= 0.6 is 0 Å². The molecule has 6 rings (SSSR count). The molecular weight excluding hydrogens is 462 g/mol. The molecule has 3 aliphatic rings. The number of amides is 2. The SMILES string of the molecule is CC1(C(=O)N2CCC3(CCN(C(=O)C#Cc4ccccc4)CC3)C2)OCc2ccccc2-n2cccc21. The molecule has 1 aromatic heterocycles. The van der Waals surface area contributed by atoms with E-state index in [2.05, 4.69) is 28.5 Å². The zero-order valence-electron chi connectivity index (χ0n) is 21.2. The molecule has 2 aromatic carbocycles. The van der Waals surface area contributed by atoms with Crippen molar-refractivity contribution in [1.82, 2.24) is 14.4 Å². The van der Waals surface area contributed by atoms with Crippen molar-refractivity contribution in [3.8, 4) is 17.5 Å². The number of rotatable bonds is 1. The first-order valence-electron chi connectivity index (χ1n) is 13.0. The molecule has 0 bridgehead atoms. The number of hydrogen-bond acceptors (Lipinski definition) is 3. The van der Waals surface area contributed by atoms with Crippen LogP contribution < -0.4 is 0 Å². The second kappa shape index (κ2) is 9.24. The fourth-order valence-electron chi connectivity index (χ4n) is 6.04. The van der Waals surface area contributed by atoms with Crippen LogP contribution in [0.15, 0.2) is 72.9 Å². The number of nitrogens with zero attached hydrogens (tertiary/aromatic N) is 3. The summed E-state index contributed by atoms with van der Waals surface area (Å²) < 4.78 is 8.47. The molecule has 1 atom stereocenters. The summed E-state index contributed by atoms with van der Waals surface area (Å²) >= 11 is 0. The second-order valence-corrected chi connectivity index (χ2v) is 10.6. The molecule has 1 unspecified atom stereocenters. The van der Waals surface area contributed by atoms with Gasteiger partial charge in [-0.3, -0.25) is 9.59 Å². The molecule has 6 nitrogen and oxygen atoms in total. The van der Waals surface area contributed by atoms with Gasteiger partial charge in [-0.15, -0.1) is 0 Å². The quantitative estimate of drug-likeness (QED) is 0.480. The number of piperidine rings is 1. The van der Waals surface area contributed by atoms with Crippen molar-refractivity contribution < 1.29 is 14.3 Å². The molecule has 3 aromatic rings. The average molecular weight is 494 g/mol. The summed E-state index contributed by atoms with van der Waals surface area (Å²) in [4.78, 5) is 30.5. The largest absolute Gasteiger partial charge is 0.354 e. The molecule has 37 heavy (non-hydrogen) atoms. The van der Waals surface area contributed by atoms with Crippen LogP contribution in [-0.2, 0) is 26.5 Å². The maximum absolute atomic E-state index is 14.0. The van der Waals surface area contributed by atoms with Crippen LogP contribution in [0.4, 0.5) is 0 Å². The highest BCUT2D eigenvalue weighted by Crippen LogP contribution is 2.43. The van der Waals surface area contributed by atoms with Gasteiger partial charge in [-0.2, -0.15) is 0 Å². The van der Waals surface area contributed by atoms with Crippen LogP contribution in [0.25, 0.3) is 5.69 Å². The molecule has 2 fully saturated rings. The Morgan fingerprint density at radius 2 is 1.57 bits per heavy atom. The predicted molar refractivity (Wildman–Crippen MR) is 141 cm³/mol. The van der Waals surface area contributed by atoms with Gasteiger partial charge < -0.3 is 19.1 Å². The van der Waals surface area contributed by atoms with Gasteiger partial charge in [0.1, 0.15) is 0 Å². The van der Waals surface area contributed by atoms with Crippen LogP contribution in [0.3, 0.4) is 0 Å². The third kappa shape index (κ3) is 4.24. The van der Waals surface area contributed by atoms with E-state index in [4.69, 9.17) is 4.74 Å².